The van der Waals surface area contributed by atoms with E-state index in [0.29, 0.717) is 11.1 Å². The number of nitrogens with one attached hydrogen (secondary N) is 1. The van der Waals surface area contributed by atoms with Crippen LogP contribution in [-0.4, -0.2) is 64.0 Å². The molecule has 202 valence electrons. The van der Waals surface area contributed by atoms with Gasteiger partial charge in [0.2, 0.25) is 5.91 Å². The number of rotatable bonds is 5. The van der Waals surface area contributed by atoms with Crippen LogP contribution >= 0.6 is 0 Å². The van der Waals surface area contributed by atoms with Crippen molar-refractivity contribution in [3.05, 3.63) is 107 Å². The highest BCUT2D eigenvalue weighted by Crippen LogP contribution is 2.35. The molecule has 0 spiro atoms. The number of urea groups is 1. The van der Waals surface area contributed by atoms with Gasteiger partial charge in [0.05, 0.1) is 13.1 Å². The number of amides is 4. The lowest BCUT2D eigenvalue weighted by molar-refractivity contribution is -0.188. The summed E-state index contributed by atoms with van der Waals surface area (Å²) in [5, 5.41) is 5.62. The Kier molecular flexibility index (Phi) is 7.25. The van der Waals surface area contributed by atoms with Crippen LogP contribution < -0.4 is 5.32 Å². The van der Waals surface area contributed by atoms with Crippen LogP contribution in [-0.2, 0) is 22.7 Å². The molecule has 0 saturated carbocycles. The quantitative estimate of drug-likeness (QED) is 0.542. The monoisotopic (exact) mass is 537 g/mol. The summed E-state index contributed by atoms with van der Waals surface area (Å²) in [7, 11) is 1.59. The summed E-state index contributed by atoms with van der Waals surface area (Å²) < 4.78 is 41.3. The van der Waals surface area contributed by atoms with Gasteiger partial charge in [-0.1, -0.05) is 48.5 Å². The number of halogens is 3. The molecule has 39 heavy (non-hydrogen) atoms. The molecule has 4 amide bonds. The Labute approximate surface area is 223 Å². The van der Waals surface area contributed by atoms with Crippen molar-refractivity contribution in [2.24, 2.45) is 0 Å². The summed E-state index contributed by atoms with van der Waals surface area (Å²) in [6, 6.07) is 15.9. The number of likely N-dealkylation sites (N-methyl/N-ethyl adjacent to an activating group) is 1. The first-order valence-electron chi connectivity index (χ1n) is 12.3. The zero-order chi connectivity index (χ0) is 27.7. The van der Waals surface area contributed by atoms with E-state index >= 15 is 0 Å². The average Bonchev–Trinajstić information content (AvgIpc) is 2.91. The third-order valence-electron chi connectivity index (χ3n) is 6.89. The summed E-state index contributed by atoms with van der Waals surface area (Å²) in [5.74, 6) is -2.72. The van der Waals surface area contributed by atoms with Gasteiger partial charge in [-0.3, -0.25) is 9.59 Å². The van der Waals surface area contributed by atoms with Gasteiger partial charge in [0.15, 0.2) is 0 Å². The second-order valence-corrected chi connectivity index (χ2v) is 9.49. The van der Waals surface area contributed by atoms with Gasteiger partial charge in [0, 0.05) is 31.8 Å². The molecule has 0 bridgehead atoms. The summed E-state index contributed by atoms with van der Waals surface area (Å²) in [4.78, 5) is 43.3. The van der Waals surface area contributed by atoms with Gasteiger partial charge in [-0.05, 0) is 29.3 Å². The third-order valence-corrected chi connectivity index (χ3v) is 6.89. The molecule has 1 N–H and O–H groups in total. The highest BCUT2D eigenvalue weighted by molar-refractivity contribution is 5.92. The molecule has 2 aliphatic rings. The van der Waals surface area contributed by atoms with E-state index < -0.39 is 41.6 Å². The van der Waals surface area contributed by atoms with Crippen molar-refractivity contribution < 1.29 is 27.6 Å². The Bertz CT molecular complexity index is 1390. The zero-order valence-electron chi connectivity index (χ0n) is 21.1. The number of hydrogen-bond donors (Lipinski definition) is 1. The number of hydrazine groups is 1. The Morgan fingerprint density at radius 2 is 1.64 bits per heavy atom. The van der Waals surface area contributed by atoms with E-state index in [1.807, 2.05) is 0 Å². The van der Waals surface area contributed by atoms with E-state index in [1.165, 1.54) is 38.0 Å². The number of carbonyl (C=O) groups excluding carboxylic acids is 3. The summed E-state index contributed by atoms with van der Waals surface area (Å²) in [6.07, 6.45) is -0.907. The van der Waals surface area contributed by atoms with Gasteiger partial charge in [0.25, 0.3) is 5.91 Å². The van der Waals surface area contributed by atoms with Crippen molar-refractivity contribution in [3.63, 3.8) is 0 Å². The fourth-order valence-corrected chi connectivity index (χ4v) is 5.01. The fourth-order valence-electron chi connectivity index (χ4n) is 5.01. The Morgan fingerprint density at radius 1 is 0.949 bits per heavy atom. The van der Waals surface area contributed by atoms with Crippen molar-refractivity contribution >= 4 is 17.8 Å². The Hall–Kier alpha value is -4.38. The molecule has 3 aromatic rings. The lowest BCUT2D eigenvalue weighted by Crippen LogP contribution is -2.73. The predicted octanol–water partition coefficient (Wildman–Crippen LogP) is 3.41. The molecule has 3 aromatic carbocycles. The van der Waals surface area contributed by atoms with Crippen LogP contribution in [0, 0.1) is 17.5 Å². The maximum atomic E-state index is 14.6. The molecule has 2 heterocycles. The minimum absolute atomic E-state index is 0.0982. The van der Waals surface area contributed by atoms with Crippen LogP contribution in [0.25, 0.3) is 0 Å². The minimum Gasteiger partial charge on any atom is -0.333 e. The first kappa shape index (κ1) is 26.2. The lowest BCUT2D eigenvalue weighted by atomic mass is 9.98. The number of fused-ring (bicyclic) bond motifs is 1. The molecule has 0 radical (unpaired) electrons. The van der Waals surface area contributed by atoms with Gasteiger partial charge in [-0.25, -0.2) is 28.0 Å². The van der Waals surface area contributed by atoms with E-state index in [-0.39, 0.29) is 37.6 Å². The van der Waals surface area contributed by atoms with E-state index in [2.05, 4.69) is 5.32 Å². The van der Waals surface area contributed by atoms with Crippen LogP contribution in [0.3, 0.4) is 0 Å². The van der Waals surface area contributed by atoms with E-state index in [4.69, 9.17) is 0 Å². The van der Waals surface area contributed by atoms with Gasteiger partial charge < -0.3 is 15.1 Å². The van der Waals surface area contributed by atoms with Crippen LogP contribution in [0.4, 0.5) is 18.0 Å². The molecular weight excluding hydrogens is 511 g/mol. The topological polar surface area (TPSA) is 76.2 Å². The van der Waals surface area contributed by atoms with E-state index in [1.54, 1.807) is 49.5 Å². The van der Waals surface area contributed by atoms with Crippen LogP contribution in [0.5, 0.6) is 0 Å². The second-order valence-electron chi connectivity index (χ2n) is 9.49. The number of piperazine rings is 1. The molecule has 8 nitrogen and oxygen atoms in total. The Balaban J connectivity index is 1.48. The van der Waals surface area contributed by atoms with Crippen LogP contribution in [0.15, 0.2) is 72.8 Å². The highest BCUT2D eigenvalue weighted by atomic mass is 19.1. The van der Waals surface area contributed by atoms with E-state index in [9.17, 15) is 27.6 Å². The predicted molar refractivity (Wildman–Crippen MR) is 135 cm³/mol. The SMILES string of the molecule is CN1CC(=O)N2[C@@H](c3ccccc3)C(=O)N(Cc3ccc(F)cc3F)C[C@@H]2N1C(=O)NCc1ccc(F)cc1. The van der Waals surface area contributed by atoms with E-state index in [0.717, 1.165) is 12.1 Å². The molecular formula is C28H26F3N5O3. The zero-order valence-corrected chi connectivity index (χ0v) is 21.1. The Morgan fingerprint density at radius 3 is 2.33 bits per heavy atom. The molecule has 2 saturated heterocycles. The molecule has 11 heteroatoms. The average molecular weight is 538 g/mol. The first-order valence-corrected chi connectivity index (χ1v) is 12.3. The maximum Gasteiger partial charge on any atom is 0.334 e. The van der Waals surface area contributed by atoms with Gasteiger partial charge in [-0.15, -0.1) is 0 Å². The maximum absolute atomic E-state index is 14.6. The smallest absolute Gasteiger partial charge is 0.333 e. The van der Waals surface area contributed by atoms with Crippen molar-refractivity contribution in [1.82, 2.24) is 25.1 Å². The fraction of sp³-hybridized carbons (Fsp3) is 0.250. The number of carbonyl (C=O) groups is 3. The van der Waals surface area contributed by atoms with Crippen molar-refractivity contribution in [2.45, 2.75) is 25.3 Å². The summed E-state index contributed by atoms with van der Waals surface area (Å²) in [5.41, 5.74) is 1.32. The molecule has 5 rings (SSSR count). The third kappa shape index (κ3) is 5.30. The van der Waals surface area contributed by atoms with Gasteiger partial charge in [0.1, 0.15) is 29.7 Å². The summed E-state index contributed by atoms with van der Waals surface area (Å²) >= 11 is 0. The van der Waals surface area contributed by atoms with Crippen LogP contribution in [0.2, 0.25) is 0 Å². The number of hydrogen-bond acceptors (Lipinski definition) is 4. The highest BCUT2D eigenvalue weighted by Gasteiger charge is 2.51. The molecule has 2 atom stereocenters. The van der Waals surface area contributed by atoms with Crippen molar-refractivity contribution in [1.29, 1.82) is 0 Å². The molecule has 0 unspecified atom stereocenters. The second kappa shape index (κ2) is 10.8. The normalized spacial score (nSPS) is 19.7. The van der Waals surface area contributed by atoms with Crippen molar-refractivity contribution in [2.75, 3.05) is 20.1 Å². The molecule has 0 aromatic heterocycles. The van der Waals surface area contributed by atoms with Gasteiger partial charge >= 0.3 is 6.03 Å². The molecule has 2 fully saturated rings. The largest absolute Gasteiger partial charge is 0.334 e. The number of benzene rings is 3. The van der Waals surface area contributed by atoms with Gasteiger partial charge in [-0.2, -0.15) is 0 Å². The lowest BCUT2D eigenvalue weighted by Gasteiger charge is -2.54. The first-order chi connectivity index (χ1) is 18.7. The molecule has 2 aliphatic heterocycles. The minimum atomic E-state index is -1.05. The summed E-state index contributed by atoms with van der Waals surface area (Å²) in [6.45, 7) is -0.320. The molecule has 0 aliphatic carbocycles. The number of nitrogens with zero attached hydrogens (tertiary/aromatic N) is 4. The van der Waals surface area contributed by atoms with Crippen molar-refractivity contribution in [3.8, 4) is 0 Å². The van der Waals surface area contributed by atoms with Crippen LogP contribution in [0.1, 0.15) is 22.7 Å². The standard InChI is InChI=1S/C28H26F3N5O3/c1-33-17-25(37)35-24(36(33)28(39)32-14-18-7-10-21(29)11-8-18)16-34(15-20-9-12-22(30)13-23(20)31)27(38)26(35)19-5-3-2-4-6-19/h2-13,24,26H,14-17H2,1H3,(H,32,39)/t24-,26-/m0/s1.